The van der Waals surface area contributed by atoms with Gasteiger partial charge in [0.25, 0.3) is 0 Å². The monoisotopic (exact) mass is 202 g/mol. The van der Waals surface area contributed by atoms with Crippen molar-refractivity contribution in [3.63, 3.8) is 0 Å². The molecule has 4 nitrogen and oxygen atoms in total. The Morgan fingerprint density at radius 2 is 2.07 bits per heavy atom. The number of amides is 1. The van der Waals surface area contributed by atoms with E-state index in [-0.39, 0.29) is 5.91 Å². The Balaban J connectivity index is 3.10. The molecule has 84 valence electrons. The van der Waals surface area contributed by atoms with Gasteiger partial charge in [-0.05, 0) is 13.3 Å². The Morgan fingerprint density at radius 3 is 2.71 bits per heavy atom. The molecule has 0 aliphatic heterocycles. The SMILES string of the molecule is CCCCNC(=O)CNCCOCC. The summed E-state index contributed by atoms with van der Waals surface area (Å²) in [5.41, 5.74) is 0. The summed E-state index contributed by atoms with van der Waals surface area (Å²) < 4.78 is 5.12. The fourth-order valence-corrected chi connectivity index (χ4v) is 0.958. The van der Waals surface area contributed by atoms with E-state index in [9.17, 15) is 4.79 Å². The fraction of sp³-hybridized carbons (Fsp3) is 0.900. The van der Waals surface area contributed by atoms with E-state index in [0.29, 0.717) is 13.2 Å². The van der Waals surface area contributed by atoms with Crippen LogP contribution in [0.3, 0.4) is 0 Å². The highest BCUT2D eigenvalue weighted by Gasteiger charge is 1.97. The van der Waals surface area contributed by atoms with Crippen LogP contribution in [0.15, 0.2) is 0 Å². The number of ether oxygens (including phenoxy) is 1. The van der Waals surface area contributed by atoms with Gasteiger partial charge in [-0.2, -0.15) is 0 Å². The van der Waals surface area contributed by atoms with Crippen LogP contribution in [0.25, 0.3) is 0 Å². The van der Waals surface area contributed by atoms with E-state index in [1.807, 2.05) is 6.92 Å². The second-order valence-electron chi connectivity index (χ2n) is 3.08. The zero-order valence-electron chi connectivity index (χ0n) is 9.27. The molecule has 1 amide bonds. The van der Waals surface area contributed by atoms with E-state index >= 15 is 0 Å². The van der Waals surface area contributed by atoms with Gasteiger partial charge in [-0.15, -0.1) is 0 Å². The molecule has 0 aromatic rings. The molecule has 0 saturated heterocycles. The number of unbranched alkanes of at least 4 members (excludes halogenated alkanes) is 1. The first-order valence-corrected chi connectivity index (χ1v) is 5.36. The van der Waals surface area contributed by atoms with Crippen molar-refractivity contribution in [1.29, 1.82) is 0 Å². The van der Waals surface area contributed by atoms with Crippen molar-refractivity contribution in [2.45, 2.75) is 26.7 Å². The van der Waals surface area contributed by atoms with Gasteiger partial charge in [-0.1, -0.05) is 13.3 Å². The van der Waals surface area contributed by atoms with E-state index in [0.717, 1.165) is 32.5 Å². The molecule has 0 saturated carbocycles. The molecule has 0 fully saturated rings. The molecular weight excluding hydrogens is 180 g/mol. The van der Waals surface area contributed by atoms with Crippen LogP contribution >= 0.6 is 0 Å². The molecule has 14 heavy (non-hydrogen) atoms. The molecule has 0 aromatic carbocycles. The first-order valence-electron chi connectivity index (χ1n) is 5.36. The van der Waals surface area contributed by atoms with Gasteiger partial charge in [0, 0.05) is 19.7 Å². The number of hydrogen-bond donors (Lipinski definition) is 2. The molecule has 2 N–H and O–H groups in total. The first kappa shape index (κ1) is 13.4. The van der Waals surface area contributed by atoms with Gasteiger partial charge in [0.05, 0.1) is 13.2 Å². The summed E-state index contributed by atoms with van der Waals surface area (Å²) in [6.07, 6.45) is 2.16. The molecule has 0 atom stereocenters. The van der Waals surface area contributed by atoms with E-state index in [1.165, 1.54) is 0 Å². The largest absolute Gasteiger partial charge is 0.380 e. The molecule has 4 heteroatoms. The zero-order valence-corrected chi connectivity index (χ0v) is 9.27. The smallest absolute Gasteiger partial charge is 0.233 e. The molecule has 0 rings (SSSR count). The third-order valence-electron chi connectivity index (χ3n) is 1.77. The topological polar surface area (TPSA) is 50.4 Å². The third-order valence-corrected chi connectivity index (χ3v) is 1.77. The van der Waals surface area contributed by atoms with Crippen LogP contribution in [-0.4, -0.2) is 38.8 Å². The first-order chi connectivity index (χ1) is 6.81. The number of nitrogens with one attached hydrogen (secondary N) is 2. The summed E-state index contributed by atoms with van der Waals surface area (Å²) in [6.45, 7) is 7.35. The summed E-state index contributed by atoms with van der Waals surface area (Å²) in [7, 11) is 0. The van der Waals surface area contributed by atoms with Crippen LogP contribution in [0.1, 0.15) is 26.7 Å². The van der Waals surface area contributed by atoms with Gasteiger partial charge in [0.2, 0.25) is 5.91 Å². The Kier molecular flexibility index (Phi) is 10.0. The average Bonchev–Trinajstić information content (AvgIpc) is 2.18. The van der Waals surface area contributed by atoms with Crippen LogP contribution in [0.2, 0.25) is 0 Å². The summed E-state index contributed by atoms with van der Waals surface area (Å²) in [5, 5.41) is 5.84. The van der Waals surface area contributed by atoms with Crippen molar-refractivity contribution in [2.75, 3.05) is 32.8 Å². The van der Waals surface area contributed by atoms with Crippen LogP contribution in [0.5, 0.6) is 0 Å². The summed E-state index contributed by atoms with van der Waals surface area (Å²) >= 11 is 0. The molecule has 0 aromatic heterocycles. The van der Waals surface area contributed by atoms with Gasteiger partial charge in [0.1, 0.15) is 0 Å². The van der Waals surface area contributed by atoms with Crippen LogP contribution in [0.4, 0.5) is 0 Å². The van der Waals surface area contributed by atoms with E-state index in [4.69, 9.17) is 4.74 Å². The molecule has 0 aliphatic rings. The van der Waals surface area contributed by atoms with Crippen molar-refractivity contribution in [2.24, 2.45) is 0 Å². The molecule has 0 bridgehead atoms. The number of hydrogen-bond acceptors (Lipinski definition) is 3. The van der Waals surface area contributed by atoms with E-state index in [1.54, 1.807) is 0 Å². The number of carbonyl (C=O) groups is 1. The Labute approximate surface area is 86.4 Å². The molecule has 0 spiro atoms. The second-order valence-corrected chi connectivity index (χ2v) is 3.08. The average molecular weight is 202 g/mol. The van der Waals surface area contributed by atoms with Crippen molar-refractivity contribution in [3.8, 4) is 0 Å². The molecule has 0 radical (unpaired) electrons. The highest BCUT2D eigenvalue weighted by Crippen LogP contribution is 1.81. The highest BCUT2D eigenvalue weighted by atomic mass is 16.5. The quantitative estimate of drug-likeness (QED) is 0.536. The van der Waals surface area contributed by atoms with Gasteiger partial charge >= 0.3 is 0 Å². The van der Waals surface area contributed by atoms with Crippen molar-refractivity contribution < 1.29 is 9.53 Å². The predicted octanol–water partition coefficient (Wildman–Crippen LogP) is 0.529. The Hall–Kier alpha value is -0.610. The highest BCUT2D eigenvalue weighted by molar-refractivity contribution is 5.77. The Bertz CT molecular complexity index is 140. The summed E-state index contributed by atoms with van der Waals surface area (Å²) in [6, 6.07) is 0. The van der Waals surface area contributed by atoms with Gasteiger partial charge in [-0.3, -0.25) is 4.79 Å². The second kappa shape index (κ2) is 10.5. The summed E-state index contributed by atoms with van der Waals surface area (Å²) in [4.78, 5) is 11.1. The lowest BCUT2D eigenvalue weighted by Gasteiger charge is -2.05. The zero-order chi connectivity index (χ0) is 10.6. The van der Waals surface area contributed by atoms with E-state index < -0.39 is 0 Å². The van der Waals surface area contributed by atoms with Crippen molar-refractivity contribution in [3.05, 3.63) is 0 Å². The third kappa shape index (κ3) is 9.48. The maximum absolute atomic E-state index is 11.1. The lowest BCUT2D eigenvalue weighted by atomic mass is 10.3. The van der Waals surface area contributed by atoms with Gasteiger partial charge in [-0.25, -0.2) is 0 Å². The van der Waals surface area contributed by atoms with Crippen LogP contribution in [-0.2, 0) is 9.53 Å². The number of carbonyl (C=O) groups excluding carboxylic acids is 1. The molecular formula is C10H22N2O2. The van der Waals surface area contributed by atoms with Crippen molar-refractivity contribution in [1.82, 2.24) is 10.6 Å². The lowest BCUT2D eigenvalue weighted by Crippen LogP contribution is -2.35. The maximum Gasteiger partial charge on any atom is 0.233 e. The minimum Gasteiger partial charge on any atom is -0.380 e. The number of rotatable bonds is 9. The van der Waals surface area contributed by atoms with Crippen LogP contribution in [0, 0.1) is 0 Å². The molecule has 0 aliphatic carbocycles. The molecule has 0 unspecified atom stereocenters. The minimum atomic E-state index is 0.0648. The standard InChI is InChI=1S/C10H22N2O2/c1-3-5-6-12-10(13)9-11-7-8-14-4-2/h11H,3-9H2,1-2H3,(H,12,13). The maximum atomic E-state index is 11.1. The van der Waals surface area contributed by atoms with E-state index in [2.05, 4.69) is 17.6 Å². The predicted molar refractivity (Wildman–Crippen MR) is 57.3 cm³/mol. The van der Waals surface area contributed by atoms with Crippen molar-refractivity contribution >= 4 is 5.91 Å². The lowest BCUT2D eigenvalue weighted by molar-refractivity contribution is -0.120. The molecule has 0 heterocycles. The Morgan fingerprint density at radius 1 is 1.29 bits per heavy atom. The van der Waals surface area contributed by atoms with Gasteiger partial charge in [0.15, 0.2) is 0 Å². The fourth-order valence-electron chi connectivity index (χ4n) is 0.958. The van der Waals surface area contributed by atoms with Gasteiger partial charge < -0.3 is 15.4 Å². The van der Waals surface area contributed by atoms with Crippen LogP contribution < -0.4 is 10.6 Å². The normalized spacial score (nSPS) is 10.1. The summed E-state index contributed by atoms with van der Waals surface area (Å²) in [5.74, 6) is 0.0648. The minimum absolute atomic E-state index is 0.0648.